The van der Waals surface area contributed by atoms with E-state index in [0.717, 1.165) is 12.1 Å². The quantitative estimate of drug-likeness (QED) is 0.800. The highest BCUT2D eigenvalue weighted by Gasteiger charge is 2.36. The number of hydrogen-bond acceptors (Lipinski definition) is 4. The molecule has 0 aromatic heterocycles. The molecule has 3 rings (SSSR count). The molecule has 1 atom stereocenters. The number of fused-ring (bicyclic) bond motifs is 1. The Morgan fingerprint density at radius 3 is 2.50 bits per heavy atom. The Kier molecular flexibility index (Phi) is 3.36. The standard InChI is InChI=1S/C16H10F2O4/c1-21-15(19)8-5-6-9-10(7-8)14(22-16(9)20)13-11(17)3-2-4-12(13)18/h2-7,14H,1H3. The molecule has 1 heterocycles. The van der Waals surface area contributed by atoms with Crippen molar-refractivity contribution in [2.45, 2.75) is 6.10 Å². The summed E-state index contributed by atoms with van der Waals surface area (Å²) in [5.41, 5.74) is 0.204. The summed E-state index contributed by atoms with van der Waals surface area (Å²) in [5, 5.41) is 0. The predicted molar refractivity (Wildman–Crippen MR) is 71.4 cm³/mol. The van der Waals surface area contributed by atoms with Gasteiger partial charge in [-0.15, -0.1) is 0 Å². The second kappa shape index (κ2) is 5.22. The molecule has 0 saturated carbocycles. The van der Waals surface area contributed by atoms with Crippen molar-refractivity contribution < 1.29 is 27.8 Å². The number of carbonyl (C=O) groups excluding carboxylic acids is 2. The van der Waals surface area contributed by atoms with E-state index in [1.807, 2.05) is 0 Å². The van der Waals surface area contributed by atoms with Crippen LogP contribution in [0.2, 0.25) is 0 Å². The van der Waals surface area contributed by atoms with E-state index in [9.17, 15) is 18.4 Å². The zero-order valence-corrected chi connectivity index (χ0v) is 11.4. The van der Waals surface area contributed by atoms with Crippen molar-refractivity contribution in [1.29, 1.82) is 0 Å². The van der Waals surface area contributed by atoms with E-state index in [1.165, 1.54) is 31.4 Å². The topological polar surface area (TPSA) is 52.6 Å². The number of hydrogen-bond donors (Lipinski definition) is 0. The number of ether oxygens (including phenoxy) is 2. The molecule has 0 saturated heterocycles. The number of halogens is 2. The van der Waals surface area contributed by atoms with Crippen LogP contribution in [0.3, 0.4) is 0 Å². The van der Waals surface area contributed by atoms with Crippen molar-refractivity contribution in [1.82, 2.24) is 0 Å². The van der Waals surface area contributed by atoms with Gasteiger partial charge in [0.15, 0.2) is 6.10 Å². The lowest BCUT2D eigenvalue weighted by Gasteiger charge is -2.13. The van der Waals surface area contributed by atoms with E-state index in [2.05, 4.69) is 4.74 Å². The van der Waals surface area contributed by atoms with Gasteiger partial charge in [-0.2, -0.15) is 0 Å². The molecule has 0 spiro atoms. The van der Waals surface area contributed by atoms with E-state index in [4.69, 9.17) is 4.74 Å². The van der Waals surface area contributed by atoms with Gasteiger partial charge >= 0.3 is 11.9 Å². The number of rotatable bonds is 2. The van der Waals surface area contributed by atoms with Gasteiger partial charge in [0.2, 0.25) is 0 Å². The Balaban J connectivity index is 2.16. The van der Waals surface area contributed by atoms with Crippen molar-refractivity contribution >= 4 is 11.9 Å². The van der Waals surface area contributed by atoms with E-state index in [1.54, 1.807) is 0 Å². The van der Waals surface area contributed by atoms with Crippen LogP contribution in [0, 0.1) is 11.6 Å². The maximum absolute atomic E-state index is 13.9. The average molecular weight is 304 g/mol. The molecule has 1 aliphatic rings. The van der Waals surface area contributed by atoms with Crippen LogP contribution in [0.25, 0.3) is 0 Å². The Labute approximate surface area is 124 Å². The first-order chi connectivity index (χ1) is 10.5. The molecule has 2 aromatic carbocycles. The molecule has 1 unspecified atom stereocenters. The van der Waals surface area contributed by atoms with Gasteiger partial charge < -0.3 is 9.47 Å². The predicted octanol–water partition coefficient (Wildman–Crippen LogP) is 3.01. The molecule has 6 heteroatoms. The lowest BCUT2D eigenvalue weighted by molar-refractivity contribution is 0.0445. The maximum Gasteiger partial charge on any atom is 0.339 e. The van der Waals surface area contributed by atoms with Crippen molar-refractivity contribution in [3.63, 3.8) is 0 Å². The maximum atomic E-state index is 13.9. The molecule has 22 heavy (non-hydrogen) atoms. The Morgan fingerprint density at radius 1 is 1.18 bits per heavy atom. The minimum absolute atomic E-state index is 0.167. The summed E-state index contributed by atoms with van der Waals surface area (Å²) in [6, 6.07) is 7.50. The fraction of sp³-hybridized carbons (Fsp3) is 0.125. The fourth-order valence-corrected chi connectivity index (χ4v) is 2.42. The number of esters is 2. The third-order valence-corrected chi connectivity index (χ3v) is 3.46. The van der Waals surface area contributed by atoms with Crippen LogP contribution < -0.4 is 0 Å². The summed E-state index contributed by atoms with van der Waals surface area (Å²) < 4.78 is 37.5. The normalized spacial score (nSPS) is 16.1. The molecule has 1 aliphatic heterocycles. The van der Waals surface area contributed by atoms with Crippen LogP contribution in [0.1, 0.15) is 37.9 Å². The molecular formula is C16H10F2O4. The summed E-state index contributed by atoms with van der Waals surface area (Å²) in [5.74, 6) is -2.96. The minimum Gasteiger partial charge on any atom is -0.465 e. The van der Waals surface area contributed by atoms with Gasteiger partial charge in [-0.1, -0.05) is 6.07 Å². The SMILES string of the molecule is COC(=O)c1ccc2c(c1)C(c1c(F)cccc1F)OC2=O. The third-order valence-electron chi connectivity index (χ3n) is 3.46. The lowest BCUT2D eigenvalue weighted by atomic mass is 9.96. The van der Waals surface area contributed by atoms with E-state index >= 15 is 0 Å². The van der Waals surface area contributed by atoms with Crippen LogP contribution in [0.15, 0.2) is 36.4 Å². The van der Waals surface area contributed by atoms with Gasteiger partial charge in [0.05, 0.1) is 23.8 Å². The van der Waals surface area contributed by atoms with Crippen molar-refractivity contribution in [2.24, 2.45) is 0 Å². The molecule has 4 nitrogen and oxygen atoms in total. The van der Waals surface area contributed by atoms with Crippen LogP contribution >= 0.6 is 0 Å². The molecule has 0 amide bonds. The number of benzene rings is 2. The van der Waals surface area contributed by atoms with Gasteiger partial charge in [0.1, 0.15) is 11.6 Å². The van der Waals surface area contributed by atoms with Gasteiger partial charge in [-0.05, 0) is 30.3 Å². The second-order valence-electron chi connectivity index (χ2n) is 4.71. The summed E-state index contributed by atoms with van der Waals surface area (Å²) in [6.07, 6.45) is -1.23. The van der Waals surface area contributed by atoms with Gasteiger partial charge in [-0.3, -0.25) is 0 Å². The summed E-state index contributed by atoms with van der Waals surface area (Å²) in [6.45, 7) is 0. The number of cyclic esters (lactones) is 1. The average Bonchev–Trinajstić information content (AvgIpc) is 2.83. The Morgan fingerprint density at radius 2 is 1.86 bits per heavy atom. The largest absolute Gasteiger partial charge is 0.465 e. The Hall–Kier alpha value is -2.76. The van der Waals surface area contributed by atoms with E-state index in [0.29, 0.717) is 0 Å². The molecular weight excluding hydrogens is 294 g/mol. The first-order valence-corrected chi connectivity index (χ1v) is 6.40. The summed E-state index contributed by atoms with van der Waals surface area (Å²) in [7, 11) is 1.21. The molecule has 0 fully saturated rings. The molecule has 0 bridgehead atoms. The molecule has 0 aliphatic carbocycles. The zero-order valence-electron chi connectivity index (χ0n) is 11.4. The van der Waals surface area contributed by atoms with Crippen LogP contribution in [-0.4, -0.2) is 19.0 Å². The highest BCUT2D eigenvalue weighted by atomic mass is 19.1. The highest BCUT2D eigenvalue weighted by molar-refractivity contribution is 5.97. The molecule has 112 valence electrons. The molecule has 0 N–H and O–H groups in total. The van der Waals surface area contributed by atoms with Gasteiger partial charge in [0.25, 0.3) is 0 Å². The van der Waals surface area contributed by atoms with E-state index < -0.39 is 29.7 Å². The summed E-state index contributed by atoms with van der Waals surface area (Å²) >= 11 is 0. The van der Waals surface area contributed by atoms with Crippen LogP contribution in [0.4, 0.5) is 8.78 Å². The van der Waals surface area contributed by atoms with Crippen LogP contribution in [-0.2, 0) is 9.47 Å². The zero-order chi connectivity index (χ0) is 15.9. The first-order valence-electron chi connectivity index (χ1n) is 6.40. The summed E-state index contributed by atoms with van der Waals surface area (Å²) in [4.78, 5) is 23.4. The number of carbonyl (C=O) groups is 2. The molecule has 0 radical (unpaired) electrons. The minimum atomic E-state index is -1.23. The Bertz CT molecular complexity index is 765. The van der Waals surface area contributed by atoms with Crippen molar-refractivity contribution in [3.05, 3.63) is 70.3 Å². The first kappa shape index (κ1) is 14.2. The van der Waals surface area contributed by atoms with Crippen LogP contribution in [0.5, 0.6) is 0 Å². The smallest absolute Gasteiger partial charge is 0.339 e. The highest BCUT2D eigenvalue weighted by Crippen LogP contribution is 2.38. The number of methoxy groups -OCH3 is 1. The van der Waals surface area contributed by atoms with Gasteiger partial charge in [-0.25, -0.2) is 18.4 Å². The fourth-order valence-electron chi connectivity index (χ4n) is 2.42. The van der Waals surface area contributed by atoms with Crippen molar-refractivity contribution in [2.75, 3.05) is 7.11 Å². The molecule has 2 aromatic rings. The van der Waals surface area contributed by atoms with Gasteiger partial charge in [0, 0.05) is 5.56 Å². The monoisotopic (exact) mass is 304 g/mol. The lowest BCUT2D eigenvalue weighted by Crippen LogP contribution is -2.07. The third kappa shape index (κ3) is 2.13. The second-order valence-corrected chi connectivity index (χ2v) is 4.71. The van der Waals surface area contributed by atoms with Crippen molar-refractivity contribution in [3.8, 4) is 0 Å². The van der Waals surface area contributed by atoms with E-state index in [-0.39, 0.29) is 22.3 Å².